The molecule has 0 unspecified atom stereocenters. The van der Waals surface area contributed by atoms with Crippen LogP contribution in [0, 0.1) is 0 Å². The van der Waals surface area contributed by atoms with Crippen LogP contribution < -0.4 is 5.32 Å². The van der Waals surface area contributed by atoms with E-state index < -0.39 is 26.4 Å². The summed E-state index contributed by atoms with van der Waals surface area (Å²) in [6.07, 6.45) is 0. The van der Waals surface area contributed by atoms with Gasteiger partial charge >= 0.3 is 5.76 Å². The van der Waals surface area contributed by atoms with Gasteiger partial charge < -0.3 is 9.73 Å². The van der Waals surface area contributed by atoms with Gasteiger partial charge in [0.15, 0.2) is 10.4 Å². The highest BCUT2D eigenvalue weighted by Crippen LogP contribution is 2.26. The monoisotopic (exact) mass is 379 g/mol. The molecule has 1 N–H and O–H groups in total. The van der Waals surface area contributed by atoms with Gasteiger partial charge in [0.25, 0.3) is 5.91 Å². The Hall–Kier alpha value is -1.74. The lowest BCUT2D eigenvalue weighted by atomic mass is 10.3. The van der Waals surface area contributed by atoms with Gasteiger partial charge in [0, 0.05) is 0 Å². The molecule has 0 bridgehead atoms. The number of carbonyl (C=O) groups excluding carboxylic acids is 1. The fraction of sp³-hybridized carbons (Fsp3) is 0.0833. The van der Waals surface area contributed by atoms with Crippen molar-refractivity contribution in [3.05, 3.63) is 46.8 Å². The van der Waals surface area contributed by atoms with Crippen molar-refractivity contribution in [1.82, 2.24) is 0 Å². The number of para-hydroxylation sites is 1. The van der Waals surface area contributed by atoms with Crippen molar-refractivity contribution in [2.45, 2.75) is 10.7 Å². The molecule has 0 aliphatic carbocycles. The van der Waals surface area contributed by atoms with Crippen molar-refractivity contribution in [3.8, 4) is 0 Å². The van der Waals surface area contributed by atoms with E-state index in [1.165, 1.54) is 30.3 Å². The minimum absolute atomic E-state index is 0.0916. The van der Waals surface area contributed by atoms with Gasteiger partial charge in [0.2, 0.25) is 9.84 Å². The molecule has 0 atom stereocenters. The zero-order valence-corrected chi connectivity index (χ0v) is 12.6. The van der Waals surface area contributed by atoms with E-state index in [9.17, 15) is 22.0 Å². The summed E-state index contributed by atoms with van der Waals surface area (Å²) in [5.74, 6) is -4.42. The van der Waals surface area contributed by atoms with Gasteiger partial charge in [-0.05, 0) is 40.2 Å². The molecule has 0 radical (unpaired) electrons. The molecule has 1 aromatic heterocycles. The first-order valence-corrected chi connectivity index (χ1v) is 7.84. The zero-order chi connectivity index (χ0) is 15.6. The lowest BCUT2D eigenvalue weighted by molar-refractivity contribution is 0.0995. The molecule has 1 heterocycles. The molecule has 1 amide bonds. The van der Waals surface area contributed by atoms with E-state index in [1.54, 1.807) is 0 Å². The topological polar surface area (TPSA) is 76.4 Å². The number of benzene rings is 1. The molecule has 21 heavy (non-hydrogen) atoms. The maximum atomic E-state index is 12.6. The van der Waals surface area contributed by atoms with Gasteiger partial charge in [-0.1, -0.05) is 12.1 Å². The van der Waals surface area contributed by atoms with Crippen molar-refractivity contribution < 1.29 is 26.4 Å². The maximum Gasteiger partial charge on any atom is 0.341 e. The number of halogens is 3. The third-order valence-corrected chi connectivity index (χ3v) is 4.34. The third-order valence-electron chi connectivity index (χ3n) is 2.47. The summed E-state index contributed by atoms with van der Waals surface area (Å²) in [7, 11) is -4.82. The number of sulfone groups is 1. The molecule has 0 spiro atoms. The molecular weight excluding hydrogens is 372 g/mol. The first-order chi connectivity index (χ1) is 9.82. The summed E-state index contributed by atoms with van der Waals surface area (Å²) >= 11 is 3.01. The van der Waals surface area contributed by atoms with Crippen LogP contribution in [0.3, 0.4) is 0 Å². The van der Waals surface area contributed by atoms with Crippen LogP contribution in [-0.2, 0) is 9.84 Å². The van der Waals surface area contributed by atoms with Crippen molar-refractivity contribution >= 4 is 37.4 Å². The summed E-state index contributed by atoms with van der Waals surface area (Å²) in [4.78, 5) is 11.2. The van der Waals surface area contributed by atoms with Crippen LogP contribution in [0.25, 0.3) is 0 Å². The van der Waals surface area contributed by atoms with E-state index in [0.717, 1.165) is 6.07 Å². The molecule has 0 aliphatic rings. The molecule has 1 aromatic carbocycles. The highest BCUT2D eigenvalue weighted by atomic mass is 79.9. The van der Waals surface area contributed by atoms with Crippen molar-refractivity contribution in [2.24, 2.45) is 0 Å². The van der Waals surface area contributed by atoms with Crippen LogP contribution in [0.4, 0.5) is 14.5 Å². The van der Waals surface area contributed by atoms with Gasteiger partial charge in [-0.15, -0.1) is 0 Å². The van der Waals surface area contributed by atoms with Crippen LogP contribution in [0.15, 0.2) is 50.4 Å². The van der Waals surface area contributed by atoms with Crippen LogP contribution in [0.5, 0.6) is 0 Å². The molecule has 112 valence electrons. The fourth-order valence-electron chi connectivity index (χ4n) is 1.53. The summed E-state index contributed by atoms with van der Waals surface area (Å²) in [5, 5.41) is 2.24. The minimum Gasteiger partial charge on any atom is -0.444 e. The Balaban J connectivity index is 2.36. The smallest absolute Gasteiger partial charge is 0.341 e. The Morgan fingerprint density at radius 1 is 1.19 bits per heavy atom. The number of hydrogen-bond acceptors (Lipinski definition) is 4. The summed E-state index contributed by atoms with van der Waals surface area (Å²) in [6.45, 7) is 0. The molecular formula is C12H8BrF2NO4S. The third kappa shape index (κ3) is 3.30. The number of carbonyl (C=O) groups is 1. The van der Waals surface area contributed by atoms with Crippen LogP contribution >= 0.6 is 15.9 Å². The minimum atomic E-state index is -4.82. The largest absolute Gasteiger partial charge is 0.444 e. The zero-order valence-electron chi connectivity index (χ0n) is 10.2. The van der Waals surface area contributed by atoms with Crippen molar-refractivity contribution in [1.29, 1.82) is 0 Å². The van der Waals surface area contributed by atoms with Crippen molar-refractivity contribution in [3.63, 3.8) is 0 Å². The molecule has 0 saturated heterocycles. The number of rotatable bonds is 4. The number of anilines is 1. The molecule has 0 saturated carbocycles. The van der Waals surface area contributed by atoms with E-state index in [0.29, 0.717) is 4.67 Å². The van der Waals surface area contributed by atoms with E-state index in [2.05, 4.69) is 21.2 Å². The van der Waals surface area contributed by atoms with Gasteiger partial charge in [-0.25, -0.2) is 8.42 Å². The molecule has 0 fully saturated rings. The van der Waals surface area contributed by atoms with Crippen molar-refractivity contribution in [2.75, 3.05) is 5.32 Å². The Kier molecular flexibility index (Phi) is 4.43. The fourth-order valence-corrected chi connectivity index (χ4v) is 2.73. The van der Waals surface area contributed by atoms with Gasteiger partial charge in [0.05, 0.1) is 10.6 Å². The van der Waals surface area contributed by atoms with E-state index in [1.807, 2.05) is 0 Å². The lowest BCUT2D eigenvalue weighted by Crippen LogP contribution is -2.17. The predicted octanol–water partition coefficient (Wildman–Crippen LogP) is 3.29. The van der Waals surface area contributed by atoms with E-state index in [-0.39, 0.29) is 11.4 Å². The molecule has 2 rings (SSSR count). The Morgan fingerprint density at radius 2 is 1.86 bits per heavy atom. The standard InChI is InChI=1S/C12H8BrF2NO4S/c13-10-6-5-8(20-10)11(17)16-7-3-1-2-4-9(7)21(18,19)12(14)15/h1-6,12H,(H,16,17). The number of amides is 1. The Morgan fingerprint density at radius 3 is 2.43 bits per heavy atom. The SMILES string of the molecule is O=C(Nc1ccccc1S(=O)(=O)C(F)F)c1ccc(Br)o1. The Bertz CT molecular complexity index is 773. The number of furan rings is 1. The van der Waals surface area contributed by atoms with Gasteiger partial charge in [-0.3, -0.25) is 4.79 Å². The van der Waals surface area contributed by atoms with Gasteiger partial charge in [0.1, 0.15) is 0 Å². The van der Waals surface area contributed by atoms with Crippen LogP contribution in [0.1, 0.15) is 10.6 Å². The lowest BCUT2D eigenvalue weighted by Gasteiger charge is -2.10. The summed E-state index contributed by atoms with van der Waals surface area (Å²) in [5.41, 5.74) is -0.240. The predicted molar refractivity (Wildman–Crippen MR) is 74.0 cm³/mol. The van der Waals surface area contributed by atoms with E-state index >= 15 is 0 Å². The molecule has 0 aliphatic heterocycles. The first kappa shape index (κ1) is 15.6. The second-order valence-corrected chi connectivity index (χ2v) is 6.53. The average Bonchev–Trinajstić information content (AvgIpc) is 2.86. The number of hydrogen-bond donors (Lipinski definition) is 1. The molecule has 2 aromatic rings. The summed E-state index contributed by atoms with van der Waals surface area (Å²) in [6, 6.07) is 7.73. The van der Waals surface area contributed by atoms with Crippen LogP contribution in [-0.4, -0.2) is 20.1 Å². The maximum absolute atomic E-state index is 12.6. The first-order valence-electron chi connectivity index (χ1n) is 5.50. The number of alkyl halides is 2. The second kappa shape index (κ2) is 5.94. The average molecular weight is 380 g/mol. The molecule has 5 nitrogen and oxygen atoms in total. The highest BCUT2D eigenvalue weighted by Gasteiger charge is 2.29. The van der Waals surface area contributed by atoms with Gasteiger partial charge in [-0.2, -0.15) is 8.78 Å². The number of nitrogens with one attached hydrogen (secondary N) is 1. The Labute approximate surface area is 127 Å². The normalized spacial score (nSPS) is 11.6. The molecule has 9 heteroatoms. The quantitative estimate of drug-likeness (QED) is 0.883. The summed E-state index contributed by atoms with van der Waals surface area (Å²) < 4.78 is 53.6. The van der Waals surface area contributed by atoms with Crippen LogP contribution in [0.2, 0.25) is 0 Å². The highest BCUT2D eigenvalue weighted by molar-refractivity contribution is 9.10. The second-order valence-electron chi connectivity index (χ2n) is 3.86. The van der Waals surface area contributed by atoms with E-state index in [4.69, 9.17) is 4.42 Å².